The molecule has 5 heteroatoms. The Hall–Kier alpha value is -2.45. The smallest absolute Gasteiger partial charge is 0.211 e. The highest BCUT2D eigenvalue weighted by Gasteiger charge is 1.80. The Morgan fingerprint density at radius 3 is 1.21 bits per heavy atom. The molecule has 2 rings (SSSR count). The second-order valence-electron chi connectivity index (χ2n) is 3.08. The topological polar surface area (TPSA) is 58.9 Å². The number of carbonyl (C=O) groups excluding carboxylic acids is 2. The van der Waals surface area contributed by atoms with Gasteiger partial charge in [0.05, 0.1) is 11.4 Å². The first-order chi connectivity index (χ1) is 8.86. The first-order valence-corrected chi connectivity index (χ1v) is 5.12. The van der Waals surface area contributed by atoms with Gasteiger partial charge in [0.15, 0.2) is 0 Å². The van der Waals surface area contributed by atoms with Gasteiger partial charge in [0, 0.05) is 0 Å². The maximum atomic E-state index is 9.68. The molecule has 0 amide bonds. The highest BCUT2D eigenvalue weighted by Crippen LogP contribution is 2.07. The minimum atomic E-state index is 0. The third-order valence-electron chi connectivity index (χ3n) is 1.86. The summed E-state index contributed by atoms with van der Waals surface area (Å²) in [5.74, 6) is 0. The minimum absolute atomic E-state index is 0. The normalized spacial score (nSPS) is 7.58. The molecule has 0 atom stereocenters. The summed E-state index contributed by atoms with van der Waals surface area (Å²) < 4.78 is 0. The number of para-hydroxylation sites is 2. The minimum Gasteiger partial charge on any atom is -0.211 e. The number of hydrogen-bond donors (Lipinski definition) is 0. The molecule has 0 N–H and O–H groups in total. The van der Waals surface area contributed by atoms with Crippen LogP contribution in [0.4, 0.5) is 11.4 Å². The summed E-state index contributed by atoms with van der Waals surface area (Å²) in [6.45, 7) is 0. The zero-order valence-electron chi connectivity index (χ0n) is 9.98. The van der Waals surface area contributed by atoms with Gasteiger partial charge in [-0.05, 0) is 24.3 Å². The van der Waals surface area contributed by atoms with Crippen molar-refractivity contribution in [2.75, 3.05) is 0 Å². The first-order valence-electron chi connectivity index (χ1n) is 5.12. The van der Waals surface area contributed by atoms with E-state index in [4.69, 9.17) is 0 Å². The van der Waals surface area contributed by atoms with Crippen LogP contribution in [0.2, 0.25) is 0 Å². The third-order valence-corrected chi connectivity index (χ3v) is 1.86. The predicted molar refractivity (Wildman–Crippen MR) is 78.8 cm³/mol. The van der Waals surface area contributed by atoms with Crippen molar-refractivity contribution in [1.82, 2.24) is 0 Å². The second kappa shape index (κ2) is 10.7. The van der Waals surface area contributed by atoms with E-state index in [1.165, 1.54) is 12.2 Å². The number of rotatable bonds is 2. The summed E-state index contributed by atoms with van der Waals surface area (Å²) in [7, 11) is 0. The van der Waals surface area contributed by atoms with Crippen LogP contribution in [0.25, 0.3) is 0 Å². The Bertz CT molecular complexity index is 507. The fraction of sp³-hybridized carbons (Fsp3) is 0. The van der Waals surface area contributed by atoms with Gasteiger partial charge < -0.3 is 0 Å². The van der Waals surface area contributed by atoms with Gasteiger partial charge in [-0.25, -0.2) is 9.59 Å². The van der Waals surface area contributed by atoms with Gasteiger partial charge in [0.1, 0.15) is 0 Å². The van der Waals surface area contributed by atoms with E-state index in [0.717, 1.165) is 0 Å². The largest absolute Gasteiger partial charge is 0.240 e. The number of benzene rings is 2. The van der Waals surface area contributed by atoms with Crippen molar-refractivity contribution in [3.8, 4) is 0 Å². The fourth-order valence-electron chi connectivity index (χ4n) is 1.11. The number of nitrogens with zero attached hydrogens (tertiary/aromatic N) is 2. The van der Waals surface area contributed by atoms with Crippen LogP contribution in [0.1, 0.15) is 0 Å². The van der Waals surface area contributed by atoms with Crippen LogP contribution in [0.5, 0.6) is 0 Å². The van der Waals surface area contributed by atoms with E-state index >= 15 is 0 Å². The summed E-state index contributed by atoms with van der Waals surface area (Å²) in [6.07, 6.45) is 2.92. The van der Waals surface area contributed by atoms with Crippen molar-refractivity contribution in [2.45, 2.75) is 0 Å². The molecule has 0 saturated carbocycles. The van der Waals surface area contributed by atoms with Crippen molar-refractivity contribution in [1.29, 1.82) is 0 Å². The van der Waals surface area contributed by atoms with Crippen molar-refractivity contribution in [3.63, 3.8) is 0 Å². The Morgan fingerprint density at radius 2 is 0.947 bits per heavy atom. The first kappa shape index (κ1) is 16.6. The van der Waals surface area contributed by atoms with Crippen LogP contribution in [0.15, 0.2) is 70.6 Å². The second-order valence-corrected chi connectivity index (χ2v) is 3.08. The van der Waals surface area contributed by atoms with Crippen molar-refractivity contribution in [2.24, 2.45) is 9.98 Å². The molecule has 96 valence electrons. The number of isocyanates is 2. The molecule has 0 unspecified atom stereocenters. The van der Waals surface area contributed by atoms with Gasteiger partial charge in [-0.15, -0.1) is 0 Å². The predicted octanol–water partition coefficient (Wildman–Crippen LogP) is 3.42. The summed E-state index contributed by atoms with van der Waals surface area (Å²) in [4.78, 5) is 26.2. The molecule has 4 nitrogen and oxygen atoms in total. The highest BCUT2D eigenvalue weighted by atomic mass is 32.1. The highest BCUT2D eigenvalue weighted by molar-refractivity contribution is 7.59. The maximum Gasteiger partial charge on any atom is 0.240 e. The summed E-state index contributed by atoms with van der Waals surface area (Å²) in [5, 5.41) is 0. The Labute approximate surface area is 118 Å². The third kappa shape index (κ3) is 7.47. The summed E-state index contributed by atoms with van der Waals surface area (Å²) in [5.41, 5.74) is 1.29. The monoisotopic (exact) mass is 272 g/mol. The summed E-state index contributed by atoms with van der Waals surface area (Å²) >= 11 is 0. The molecular formula is C14H12N2O2S. The van der Waals surface area contributed by atoms with Crippen LogP contribution >= 0.6 is 13.5 Å². The van der Waals surface area contributed by atoms with E-state index in [0.29, 0.717) is 11.4 Å². The van der Waals surface area contributed by atoms with Gasteiger partial charge in [-0.3, -0.25) is 0 Å². The van der Waals surface area contributed by atoms with E-state index in [1.54, 1.807) is 24.3 Å². The van der Waals surface area contributed by atoms with Crippen molar-refractivity contribution < 1.29 is 9.59 Å². The van der Waals surface area contributed by atoms with Crippen LogP contribution < -0.4 is 0 Å². The van der Waals surface area contributed by atoms with Gasteiger partial charge >= 0.3 is 0 Å². The average molecular weight is 272 g/mol. The molecule has 0 aliphatic rings. The fourth-order valence-corrected chi connectivity index (χ4v) is 1.11. The molecule has 0 heterocycles. The molecule has 0 saturated heterocycles. The van der Waals surface area contributed by atoms with E-state index in [-0.39, 0.29) is 13.5 Å². The van der Waals surface area contributed by atoms with E-state index in [1.807, 2.05) is 36.4 Å². The Kier molecular flexibility index (Phi) is 9.31. The lowest BCUT2D eigenvalue weighted by Crippen LogP contribution is -1.59. The van der Waals surface area contributed by atoms with Gasteiger partial charge in [0.25, 0.3) is 0 Å². The van der Waals surface area contributed by atoms with Crippen molar-refractivity contribution >= 4 is 37.0 Å². The SMILES string of the molecule is O=C=Nc1ccccc1.O=C=Nc1ccccc1.S. The number of aliphatic imine (C=N–C) groups is 2. The standard InChI is InChI=1S/2C7H5NO.H2S/c2*9-6-8-7-4-2-1-3-5-7;/h2*1-5H;1H2. The molecule has 0 aromatic heterocycles. The molecule has 2 aromatic carbocycles. The van der Waals surface area contributed by atoms with Crippen LogP contribution in [-0.2, 0) is 9.59 Å². The average Bonchev–Trinajstić information content (AvgIpc) is 2.43. The molecule has 0 aliphatic heterocycles. The lowest BCUT2D eigenvalue weighted by molar-refractivity contribution is 0.564. The molecule has 19 heavy (non-hydrogen) atoms. The van der Waals surface area contributed by atoms with Gasteiger partial charge in [-0.1, -0.05) is 36.4 Å². The molecular weight excluding hydrogens is 260 g/mol. The maximum absolute atomic E-state index is 9.68. The molecule has 0 fully saturated rings. The zero-order valence-corrected chi connectivity index (χ0v) is 11.0. The zero-order chi connectivity index (χ0) is 13.1. The lowest BCUT2D eigenvalue weighted by Gasteiger charge is -1.83. The Balaban J connectivity index is 0.000000324. The molecule has 2 aromatic rings. The van der Waals surface area contributed by atoms with Gasteiger partial charge in [-0.2, -0.15) is 23.5 Å². The van der Waals surface area contributed by atoms with Gasteiger partial charge in [0.2, 0.25) is 12.2 Å². The lowest BCUT2D eigenvalue weighted by atomic mass is 10.3. The molecule has 0 bridgehead atoms. The molecule has 0 radical (unpaired) electrons. The van der Waals surface area contributed by atoms with Crippen molar-refractivity contribution in [3.05, 3.63) is 60.7 Å². The molecule has 0 spiro atoms. The van der Waals surface area contributed by atoms with E-state index in [2.05, 4.69) is 9.98 Å². The molecule has 0 aliphatic carbocycles. The quantitative estimate of drug-likeness (QED) is 0.621. The van der Waals surface area contributed by atoms with E-state index < -0.39 is 0 Å². The van der Waals surface area contributed by atoms with Crippen LogP contribution in [0, 0.1) is 0 Å². The van der Waals surface area contributed by atoms with E-state index in [9.17, 15) is 9.59 Å². The number of hydrogen-bond acceptors (Lipinski definition) is 4. The van der Waals surface area contributed by atoms with Crippen LogP contribution in [0.3, 0.4) is 0 Å². The Morgan fingerprint density at radius 1 is 0.632 bits per heavy atom. The summed E-state index contributed by atoms with van der Waals surface area (Å²) in [6, 6.07) is 18.0. The van der Waals surface area contributed by atoms with Crippen LogP contribution in [-0.4, -0.2) is 12.2 Å².